The van der Waals surface area contributed by atoms with E-state index in [0.29, 0.717) is 17.1 Å². The second-order valence-corrected chi connectivity index (χ2v) is 4.48. The van der Waals surface area contributed by atoms with Gasteiger partial charge in [0.2, 0.25) is 0 Å². The lowest BCUT2D eigenvalue weighted by atomic mass is 10.2. The van der Waals surface area contributed by atoms with E-state index in [-0.39, 0.29) is 5.82 Å². The van der Waals surface area contributed by atoms with Crippen molar-refractivity contribution in [1.29, 1.82) is 0 Å². The van der Waals surface area contributed by atoms with Crippen LogP contribution in [0.15, 0.2) is 24.4 Å². The molecule has 0 fully saturated rings. The molecule has 0 aliphatic rings. The van der Waals surface area contributed by atoms with Crippen molar-refractivity contribution >= 4 is 17.3 Å². The summed E-state index contributed by atoms with van der Waals surface area (Å²) in [7, 11) is 1.86. The first kappa shape index (κ1) is 12.9. The second-order valence-electron chi connectivity index (χ2n) is 4.07. The SMILES string of the molecule is CCc1nn(C)cc1NCc1c(F)cccc1Cl. The molecule has 2 aromatic rings. The van der Waals surface area contributed by atoms with E-state index >= 15 is 0 Å². The summed E-state index contributed by atoms with van der Waals surface area (Å²) in [5.74, 6) is -0.295. The number of aryl methyl sites for hydroxylation is 2. The zero-order valence-corrected chi connectivity index (χ0v) is 11.1. The highest BCUT2D eigenvalue weighted by molar-refractivity contribution is 6.31. The first-order chi connectivity index (χ1) is 8.61. The molecule has 0 spiro atoms. The topological polar surface area (TPSA) is 29.9 Å². The number of hydrogen-bond donors (Lipinski definition) is 1. The Morgan fingerprint density at radius 2 is 2.22 bits per heavy atom. The van der Waals surface area contributed by atoms with E-state index in [2.05, 4.69) is 10.4 Å². The number of benzene rings is 1. The molecular weight excluding hydrogens is 253 g/mol. The summed E-state index contributed by atoms with van der Waals surface area (Å²) in [6.07, 6.45) is 2.71. The molecule has 18 heavy (non-hydrogen) atoms. The van der Waals surface area contributed by atoms with E-state index in [4.69, 9.17) is 11.6 Å². The molecule has 0 atom stereocenters. The third-order valence-electron chi connectivity index (χ3n) is 2.76. The number of anilines is 1. The van der Waals surface area contributed by atoms with Crippen LogP contribution in [0.3, 0.4) is 0 Å². The lowest BCUT2D eigenvalue weighted by Gasteiger charge is -2.08. The molecule has 0 saturated heterocycles. The van der Waals surface area contributed by atoms with Gasteiger partial charge in [-0.2, -0.15) is 5.10 Å². The molecule has 0 saturated carbocycles. The minimum absolute atomic E-state index is 0.295. The standard InChI is InChI=1S/C13H15ClFN3/c1-3-12-13(8-18(2)17-12)16-7-9-10(14)5-4-6-11(9)15/h4-6,8,16H,3,7H2,1-2H3. The summed E-state index contributed by atoms with van der Waals surface area (Å²) in [5.41, 5.74) is 2.36. The number of hydrogen-bond acceptors (Lipinski definition) is 2. The summed E-state index contributed by atoms with van der Waals surface area (Å²) < 4.78 is 15.3. The Morgan fingerprint density at radius 3 is 2.89 bits per heavy atom. The van der Waals surface area contributed by atoms with E-state index in [1.807, 2.05) is 20.2 Å². The summed E-state index contributed by atoms with van der Waals surface area (Å²) >= 11 is 5.97. The average molecular weight is 268 g/mol. The molecule has 0 aliphatic heterocycles. The van der Waals surface area contributed by atoms with Crippen molar-refractivity contribution in [2.45, 2.75) is 19.9 Å². The Labute approximate surface area is 111 Å². The fourth-order valence-electron chi connectivity index (χ4n) is 1.83. The van der Waals surface area contributed by atoms with Gasteiger partial charge in [0, 0.05) is 30.4 Å². The minimum Gasteiger partial charge on any atom is -0.378 e. The molecule has 5 heteroatoms. The van der Waals surface area contributed by atoms with Gasteiger partial charge in [0.25, 0.3) is 0 Å². The van der Waals surface area contributed by atoms with Crippen LogP contribution in [0.4, 0.5) is 10.1 Å². The van der Waals surface area contributed by atoms with Gasteiger partial charge in [-0.1, -0.05) is 24.6 Å². The zero-order valence-electron chi connectivity index (χ0n) is 10.4. The van der Waals surface area contributed by atoms with Gasteiger partial charge < -0.3 is 5.32 Å². The molecule has 96 valence electrons. The Hall–Kier alpha value is -1.55. The van der Waals surface area contributed by atoms with Crippen LogP contribution >= 0.6 is 11.6 Å². The Morgan fingerprint density at radius 1 is 1.44 bits per heavy atom. The fraction of sp³-hybridized carbons (Fsp3) is 0.308. The highest BCUT2D eigenvalue weighted by Crippen LogP contribution is 2.21. The summed E-state index contributed by atoms with van der Waals surface area (Å²) in [6, 6.07) is 4.70. The molecule has 1 heterocycles. The predicted molar refractivity (Wildman–Crippen MR) is 71.3 cm³/mol. The number of aromatic nitrogens is 2. The highest BCUT2D eigenvalue weighted by Gasteiger charge is 2.09. The number of nitrogens with one attached hydrogen (secondary N) is 1. The molecule has 0 unspecified atom stereocenters. The number of nitrogens with zero attached hydrogens (tertiary/aromatic N) is 2. The first-order valence-electron chi connectivity index (χ1n) is 5.81. The van der Waals surface area contributed by atoms with Crippen molar-refractivity contribution in [1.82, 2.24) is 9.78 Å². The van der Waals surface area contributed by atoms with Gasteiger partial charge in [-0.3, -0.25) is 4.68 Å². The minimum atomic E-state index is -0.295. The highest BCUT2D eigenvalue weighted by atomic mass is 35.5. The predicted octanol–water partition coefficient (Wildman–Crippen LogP) is 3.39. The lowest BCUT2D eigenvalue weighted by molar-refractivity contribution is 0.613. The van der Waals surface area contributed by atoms with Crippen molar-refractivity contribution in [3.63, 3.8) is 0 Å². The van der Waals surface area contributed by atoms with Gasteiger partial charge in [-0.15, -0.1) is 0 Å². The molecular formula is C13H15ClFN3. The maximum absolute atomic E-state index is 13.6. The Bertz CT molecular complexity index is 531. The summed E-state index contributed by atoms with van der Waals surface area (Å²) in [5, 5.41) is 7.92. The van der Waals surface area contributed by atoms with Gasteiger partial charge in [0.1, 0.15) is 5.82 Å². The van der Waals surface area contributed by atoms with E-state index < -0.39 is 0 Å². The van der Waals surface area contributed by atoms with Gasteiger partial charge in [0.15, 0.2) is 0 Å². The van der Waals surface area contributed by atoms with E-state index in [1.165, 1.54) is 6.07 Å². The van der Waals surface area contributed by atoms with Gasteiger partial charge >= 0.3 is 0 Å². The van der Waals surface area contributed by atoms with E-state index in [9.17, 15) is 4.39 Å². The molecule has 3 nitrogen and oxygen atoms in total. The number of rotatable bonds is 4. The molecule has 2 rings (SSSR count). The van der Waals surface area contributed by atoms with Crippen LogP contribution in [-0.4, -0.2) is 9.78 Å². The zero-order chi connectivity index (χ0) is 13.1. The van der Waals surface area contributed by atoms with Crippen LogP contribution in [-0.2, 0) is 20.0 Å². The second kappa shape index (κ2) is 5.40. The van der Waals surface area contributed by atoms with Crippen molar-refractivity contribution < 1.29 is 4.39 Å². The van der Waals surface area contributed by atoms with Crippen LogP contribution < -0.4 is 5.32 Å². The molecule has 1 aromatic carbocycles. The van der Waals surface area contributed by atoms with Crippen molar-refractivity contribution in [2.24, 2.45) is 7.05 Å². The Kier molecular flexibility index (Phi) is 3.87. The quantitative estimate of drug-likeness (QED) is 0.920. The van der Waals surface area contributed by atoms with Crippen LogP contribution in [0.2, 0.25) is 5.02 Å². The fourth-order valence-corrected chi connectivity index (χ4v) is 2.06. The smallest absolute Gasteiger partial charge is 0.129 e. The van der Waals surface area contributed by atoms with Crippen LogP contribution in [0.5, 0.6) is 0 Å². The number of halogens is 2. The van der Waals surface area contributed by atoms with Crippen LogP contribution in [0.1, 0.15) is 18.2 Å². The van der Waals surface area contributed by atoms with Crippen molar-refractivity contribution in [3.05, 3.63) is 46.5 Å². The lowest BCUT2D eigenvalue weighted by Crippen LogP contribution is -2.03. The van der Waals surface area contributed by atoms with Crippen molar-refractivity contribution in [2.75, 3.05) is 5.32 Å². The van der Waals surface area contributed by atoms with Crippen molar-refractivity contribution in [3.8, 4) is 0 Å². The largest absolute Gasteiger partial charge is 0.378 e. The Balaban J connectivity index is 2.16. The third-order valence-corrected chi connectivity index (χ3v) is 3.11. The van der Waals surface area contributed by atoms with Gasteiger partial charge in [0.05, 0.1) is 11.4 Å². The molecule has 0 amide bonds. The third kappa shape index (κ3) is 2.64. The average Bonchev–Trinajstić information content (AvgIpc) is 2.69. The van der Waals surface area contributed by atoms with Gasteiger partial charge in [-0.25, -0.2) is 4.39 Å². The van der Waals surface area contributed by atoms with Gasteiger partial charge in [-0.05, 0) is 18.6 Å². The molecule has 0 bridgehead atoms. The maximum Gasteiger partial charge on any atom is 0.129 e. The summed E-state index contributed by atoms with van der Waals surface area (Å²) in [6.45, 7) is 2.38. The molecule has 1 N–H and O–H groups in total. The van der Waals surface area contributed by atoms with E-state index in [1.54, 1.807) is 16.8 Å². The van der Waals surface area contributed by atoms with Crippen LogP contribution in [0.25, 0.3) is 0 Å². The van der Waals surface area contributed by atoms with E-state index in [0.717, 1.165) is 17.8 Å². The normalized spacial score (nSPS) is 10.7. The molecule has 0 radical (unpaired) electrons. The first-order valence-corrected chi connectivity index (χ1v) is 6.19. The molecule has 0 aliphatic carbocycles. The van der Waals surface area contributed by atoms with Crippen LogP contribution in [0, 0.1) is 5.82 Å². The monoisotopic (exact) mass is 267 g/mol. The summed E-state index contributed by atoms with van der Waals surface area (Å²) in [4.78, 5) is 0. The molecule has 1 aromatic heterocycles. The maximum atomic E-state index is 13.6.